The highest BCUT2D eigenvalue weighted by atomic mass is 32.1. The summed E-state index contributed by atoms with van der Waals surface area (Å²) in [6, 6.07) is 13.7. The van der Waals surface area contributed by atoms with Gasteiger partial charge in [0.15, 0.2) is 0 Å². The predicted molar refractivity (Wildman–Crippen MR) is 97.5 cm³/mol. The lowest BCUT2D eigenvalue weighted by Gasteiger charge is -2.05. The first-order valence-corrected chi connectivity index (χ1v) is 8.67. The average Bonchev–Trinajstić information content (AvgIpc) is 3.10. The topological polar surface area (TPSA) is 51.2 Å². The summed E-state index contributed by atoms with van der Waals surface area (Å²) in [7, 11) is 1.59. The van der Waals surface area contributed by atoms with Crippen molar-refractivity contribution in [1.82, 2.24) is 4.98 Å². The molecule has 0 aliphatic heterocycles. The Labute approximate surface area is 149 Å². The van der Waals surface area contributed by atoms with E-state index in [1.165, 1.54) is 17.4 Å². The maximum atomic E-state index is 13.8. The maximum Gasteiger partial charge on any atom is 0.224 e. The molecule has 2 aromatic carbocycles. The van der Waals surface area contributed by atoms with Gasteiger partial charge in [0.1, 0.15) is 16.6 Å². The number of ether oxygens (including phenoxy) is 1. The summed E-state index contributed by atoms with van der Waals surface area (Å²) in [5.41, 5.74) is 1.99. The van der Waals surface area contributed by atoms with Crippen LogP contribution in [0.25, 0.3) is 10.6 Å². The Morgan fingerprint density at radius 2 is 1.96 bits per heavy atom. The third kappa shape index (κ3) is 4.42. The van der Waals surface area contributed by atoms with E-state index in [4.69, 9.17) is 4.74 Å². The zero-order chi connectivity index (χ0) is 17.6. The third-order valence-corrected chi connectivity index (χ3v) is 4.56. The Kier molecular flexibility index (Phi) is 5.40. The summed E-state index contributed by atoms with van der Waals surface area (Å²) in [4.78, 5) is 16.5. The van der Waals surface area contributed by atoms with Crippen LogP contribution in [0.4, 0.5) is 10.1 Å². The van der Waals surface area contributed by atoms with Crippen LogP contribution in [-0.2, 0) is 11.2 Å². The predicted octanol–water partition coefficient (Wildman–Crippen LogP) is 4.53. The summed E-state index contributed by atoms with van der Waals surface area (Å²) in [6.45, 7) is 0. The molecular formula is C19H17FN2O2S. The van der Waals surface area contributed by atoms with Crippen molar-refractivity contribution in [3.63, 3.8) is 0 Å². The number of nitrogens with one attached hydrogen (secondary N) is 1. The summed E-state index contributed by atoms with van der Waals surface area (Å²) in [5, 5.41) is 5.32. The lowest BCUT2D eigenvalue weighted by atomic mass is 10.2. The molecule has 6 heteroatoms. The number of hydrogen-bond acceptors (Lipinski definition) is 4. The molecular weight excluding hydrogens is 339 g/mol. The number of aromatic nitrogens is 1. The normalized spacial score (nSPS) is 10.5. The van der Waals surface area contributed by atoms with E-state index in [-0.39, 0.29) is 11.7 Å². The number of halogens is 1. The zero-order valence-electron chi connectivity index (χ0n) is 13.7. The summed E-state index contributed by atoms with van der Waals surface area (Å²) in [6.07, 6.45) is 0.819. The molecule has 0 bridgehead atoms. The van der Waals surface area contributed by atoms with Gasteiger partial charge < -0.3 is 10.1 Å². The van der Waals surface area contributed by atoms with Gasteiger partial charge >= 0.3 is 0 Å². The molecule has 0 unspecified atom stereocenters. The largest absolute Gasteiger partial charge is 0.497 e. The number of anilines is 1. The molecule has 25 heavy (non-hydrogen) atoms. The fourth-order valence-corrected chi connectivity index (χ4v) is 3.20. The number of carbonyl (C=O) groups excluding carboxylic acids is 1. The minimum absolute atomic E-state index is 0.0920. The first-order chi connectivity index (χ1) is 12.2. The van der Waals surface area contributed by atoms with Gasteiger partial charge in [0.25, 0.3) is 0 Å². The van der Waals surface area contributed by atoms with E-state index in [0.29, 0.717) is 23.4 Å². The lowest BCUT2D eigenvalue weighted by molar-refractivity contribution is -0.116. The molecule has 1 amide bonds. The zero-order valence-corrected chi connectivity index (χ0v) is 14.5. The molecule has 0 fully saturated rings. The van der Waals surface area contributed by atoms with Gasteiger partial charge in [-0.05, 0) is 42.8 Å². The van der Waals surface area contributed by atoms with Crippen molar-refractivity contribution in [2.24, 2.45) is 0 Å². The molecule has 0 atom stereocenters. The number of carbonyl (C=O) groups is 1. The van der Waals surface area contributed by atoms with Gasteiger partial charge in [0.2, 0.25) is 5.91 Å². The highest BCUT2D eigenvalue weighted by Crippen LogP contribution is 2.26. The standard InChI is InChI=1S/C19H17FN2O2S/c1-24-15-9-6-13(7-10-15)21-18(23)11-8-14-12-25-19(22-14)16-4-2-3-5-17(16)20/h2-7,9-10,12H,8,11H2,1H3,(H,21,23). The number of aryl methyl sites for hydroxylation is 1. The number of hydrogen-bond donors (Lipinski definition) is 1. The van der Waals surface area contributed by atoms with Crippen LogP contribution in [0.1, 0.15) is 12.1 Å². The highest BCUT2D eigenvalue weighted by Gasteiger charge is 2.10. The average molecular weight is 356 g/mol. The lowest BCUT2D eigenvalue weighted by Crippen LogP contribution is -2.12. The molecule has 0 aliphatic carbocycles. The van der Waals surface area contributed by atoms with Crippen LogP contribution < -0.4 is 10.1 Å². The minimum atomic E-state index is -0.291. The van der Waals surface area contributed by atoms with Crippen LogP contribution in [0.2, 0.25) is 0 Å². The van der Waals surface area contributed by atoms with Crippen molar-refractivity contribution >= 4 is 22.9 Å². The molecule has 0 aliphatic rings. The number of methoxy groups -OCH3 is 1. The minimum Gasteiger partial charge on any atom is -0.497 e. The molecule has 0 spiro atoms. The molecule has 0 radical (unpaired) electrons. The molecule has 1 N–H and O–H groups in total. The van der Waals surface area contributed by atoms with Crippen LogP contribution in [0.15, 0.2) is 53.9 Å². The molecule has 3 aromatic rings. The van der Waals surface area contributed by atoms with Gasteiger partial charge in [0, 0.05) is 23.1 Å². The first kappa shape index (κ1) is 17.1. The van der Waals surface area contributed by atoms with Crippen molar-refractivity contribution in [1.29, 1.82) is 0 Å². The summed E-state index contributed by atoms with van der Waals surface area (Å²) >= 11 is 1.38. The highest BCUT2D eigenvalue weighted by molar-refractivity contribution is 7.13. The smallest absolute Gasteiger partial charge is 0.224 e. The van der Waals surface area contributed by atoms with Crippen molar-refractivity contribution in [2.75, 3.05) is 12.4 Å². The molecule has 4 nitrogen and oxygen atoms in total. The molecule has 128 valence electrons. The molecule has 0 saturated carbocycles. The van der Waals surface area contributed by atoms with Gasteiger partial charge in [-0.3, -0.25) is 4.79 Å². The van der Waals surface area contributed by atoms with E-state index < -0.39 is 0 Å². The molecule has 3 rings (SSSR count). The monoisotopic (exact) mass is 356 g/mol. The first-order valence-electron chi connectivity index (χ1n) is 7.79. The van der Waals surface area contributed by atoms with Crippen molar-refractivity contribution < 1.29 is 13.9 Å². The van der Waals surface area contributed by atoms with Gasteiger partial charge in [-0.1, -0.05) is 12.1 Å². The third-order valence-electron chi connectivity index (χ3n) is 3.64. The Morgan fingerprint density at radius 3 is 2.68 bits per heavy atom. The maximum absolute atomic E-state index is 13.8. The fourth-order valence-electron chi connectivity index (χ4n) is 2.32. The van der Waals surface area contributed by atoms with E-state index in [2.05, 4.69) is 10.3 Å². The van der Waals surface area contributed by atoms with Crippen LogP contribution >= 0.6 is 11.3 Å². The number of amides is 1. The SMILES string of the molecule is COc1ccc(NC(=O)CCc2csc(-c3ccccc3F)n2)cc1. The Balaban J connectivity index is 1.56. The van der Waals surface area contributed by atoms with E-state index >= 15 is 0 Å². The quantitative estimate of drug-likeness (QED) is 0.706. The Hall–Kier alpha value is -2.73. The van der Waals surface area contributed by atoms with Crippen molar-refractivity contribution in [3.05, 3.63) is 65.4 Å². The fraction of sp³-hybridized carbons (Fsp3) is 0.158. The number of thiazole rings is 1. The number of benzene rings is 2. The van der Waals surface area contributed by atoms with Gasteiger partial charge in [-0.2, -0.15) is 0 Å². The summed E-state index contributed by atoms with van der Waals surface area (Å²) < 4.78 is 18.9. The van der Waals surface area contributed by atoms with Gasteiger partial charge in [-0.15, -0.1) is 11.3 Å². The van der Waals surface area contributed by atoms with E-state index in [9.17, 15) is 9.18 Å². The Bertz CT molecular complexity index is 862. The van der Waals surface area contributed by atoms with Crippen LogP contribution in [-0.4, -0.2) is 18.0 Å². The van der Waals surface area contributed by atoms with Crippen LogP contribution in [0.3, 0.4) is 0 Å². The molecule has 1 aromatic heterocycles. The van der Waals surface area contributed by atoms with E-state index in [1.54, 1.807) is 49.6 Å². The van der Waals surface area contributed by atoms with Crippen LogP contribution in [0.5, 0.6) is 5.75 Å². The van der Waals surface area contributed by atoms with Gasteiger partial charge in [0.05, 0.1) is 12.8 Å². The van der Waals surface area contributed by atoms with Crippen molar-refractivity contribution in [3.8, 4) is 16.3 Å². The van der Waals surface area contributed by atoms with Crippen LogP contribution in [0, 0.1) is 5.82 Å². The molecule has 0 saturated heterocycles. The Morgan fingerprint density at radius 1 is 1.20 bits per heavy atom. The second-order valence-electron chi connectivity index (χ2n) is 5.40. The number of rotatable bonds is 6. The summed E-state index contributed by atoms with van der Waals surface area (Å²) in [5.74, 6) is 0.354. The van der Waals surface area contributed by atoms with Crippen molar-refractivity contribution in [2.45, 2.75) is 12.8 Å². The second kappa shape index (κ2) is 7.90. The van der Waals surface area contributed by atoms with E-state index in [1.807, 2.05) is 5.38 Å². The molecule has 1 heterocycles. The van der Waals surface area contributed by atoms with Gasteiger partial charge in [-0.25, -0.2) is 9.37 Å². The van der Waals surface area contributed by atoms with E-state index in [0.717, 1.165) is 17.1 Å². The number of nitrogens with zero attached hydrogens (tertiary/aromatic N) is 1. The second-order valence-corrected chi connectivity index (χ2v) is 6.26.